The first-order valence-corrected chi connectivity index (χ1v) is 4.57. The van der Waals surface area contributed by atoms with Crippen LogP contribution in [0.15, 0.2) is 12.1 Å². The molecule has 4 heteroatoms. The largest absolute Gasteiger partial charge is 0.507 e. The quantitative estimate of drug-likeness (QED) is 0.769. The Balaban J connectivity index is 3.29. The van der Waals surface area contributed by atoms with Gasteiger partial charge in [0.1, 0.15) is 11.3 Å². The van der Waals surface area contributed by atoms with Crippen molar-refractivity contribution in [3.63, 3.8) is 0 Å². The van der Waals surface area contributed by atoms with Crippen LogP contribution in [0.1, 0.15) is 22.8 Å². The number of aromatic hydroxyl groups is 1. The van der Waals surface area contributed by atoms with Crippen LogP contribution in [-0.2, 0) is 11.2 Å². The highest BCUT2D eigenvalue weighted by Crippen LogP contribution is 2.27. The van der Waals surface area contributed by atoms with Crippen molar-refractivity contribution in [1.82, 2.24) is 0 Å². The smallest absolute Gasteiger partial charge is 0.341 e. The van der Waals surface area contributed by atoms with E-state index >= 15 is 0 Å². The number of ether oxygens (including phenoxy) is 1. The molecular formula is C10H11ClO3. The SMILES string of the molecule is CCc1cc(Cl)cc(C(=O)OC)c1O. The molecule has 0 amide bonds. The van der Waals surface area contributed by atoms with E-state index in [1.807, 2.05) is 6.92 Å². The van der Waals surface area contributed by atoms with Crippen molar-refractivity contribution in [1.29, 1.82) is 0 Å². The number of phenols is 1. The van der Waals surface area contributed by atoms with Gasteiger partial charge in [0.25, 0.3) is 0 Å². The van der Waals surface area contributed by atoms with Gasteiger partial charge in [-0.3, -0.25) is 0 Å². The zero-order valence-electron chi connectivity index (χ0n) is 8.00. The van der Waals surface area contributed by atoms with Gasteiger partial charge in [0.15, 0.2) is 0 Å². The average molecular weight is 215 g/mol. The third kappa shape index (κ3) is 1.99. The summed E-state index contributed by atoms with van der Waals surface area (Å²) in [7, 11) is 1.26. The number of halogens is 1. The molecule has 14 heavy (non-hydrogen) atoms. The van der Waals surface area contributed by atoms with Gasteiger partial charge in [-0.25, -0.2) is 4.79 Å². The molecule has 0 heterocycles. The number of methoxy groups -OCH3 is 1. The van der Waals surface area contributed by atoms with Gasteiger partial charge in [0.05, 0.1) is 7.11 Å². The zero-order chi connectivity index (χ0) is 10.7. The van der Waals surface area contributed by atoms with Crippen LogP contribution in [0.4, 0.5) is 0 Å². The molecule has 0 aliphatic rings. The molecule has 1 rings (SSSR count). The molecule has 0 aliphatic carbocycles. The first-order valence-electron chi connectivity index (χ1n) is 4.19. The predicted octanol–water partition coefficient (Wildman–Crippen LogP) is 2.39. The van der Waals surface area contributed by atoms with Gasteiger partial charge in [-0.1, -0.05) is 18.5 Å². The van der Waals surface area contributed by atoms with Crippen molar-refractivity contribution in [2.24, 2.45) is 0 Å². The van der Waals surface area contributed by atoms with Crippen molar-refractivity contribution < 1.29 is 14.6 Å². The molecule has 0 radical (unpaired) electrons. The highest BCUT2D eigenvalue weighted by Gasteiger charge is 2.15. The second-order valence-electron chi connectivity index (χ2n) is 2.81. The zero-order valence-corrected chi connectivity index (χ0v) is 8.76. The normalized spacial score (nSPS) is 9.93. The lowest BCUT2D eigenvalue weighted by atomic mass is 10.1. The maximum absolute atomic E-state index is 11.2. The minimum Gasteiger partial charge on any atom is -0.507 e. The Kier molecular flexibility index (Phi) is 3.36. The van der Waals surface area contributed by atoms with Crippen molar-refractivity contribution >= 4 is 17.6 Å². The monoisotopic (exact) mass is 214 g/mol. The highest BCUT2D eigenvalue weighted by molar-refractivity contribution is 6.31. The third-order valence-electron chi connectivity index (χ3n) is 1.94. The fourth-order valence-electron chi connectivity index (χ4n) is 1.19. The Labute approximate surface area is 87.3 Å². The molecule has 0 aromatic heterocycles. The lowest BCUT2D eigenvalue weighted by Crippen LogP contribution is -2.03. The Morgan fingerprint density at radius 1 is 1.57 bits per heavy atom. The van der Waals surface area contributed by atoms with Crippen molar-refractivity contribution in [2.45, 2.75) is 13.3 Å². The minimum atomic E-state index is -0.584. The van der Waals surface area contributed by atoms with Crippen LogP contribution < -0.4 is 0 Å². The highest BCUT2D eigenvalue weighted by atomic mass is 35.5. The van der Waals surface area contributed by atoms with E-state index in [1.165, 1.54) is 13.2 Å². The van der Waals surface area contributed by atoms with E-state index in [1.54, 1.807) is 6.07 Å². The molecule has 0 atom stereocenters. The van der Waals surface area contributed by atoms with Gasteiger partial charge in [-0.2, -0.15) is 0 Å². The summed E-state index contributed by atoms with van der Waals surface area (Å²) < 4.78 is 4.51. The van der Waals surface area contributed by atoms with Crippen LogP contribution >= 0.6 is 11.6 Å². The first kappa shape index (κ1) is 10.9. The lowest BCUT2D eigenvalue weighted by molar-refractivity contribution is 0.0597. The summed E-state index contributed by atoms with van der Waals surface area (Å²) in [5.41, 5.74) is 0.745. The van der Waals surface area contributed by atoms with E-state index in [4.69, 9.17) is 11.6 Å². The second-order valence-corrected chi connectivity index (χ2v) is 3.24. The van der Waals surface area contributed by atoms with Gasteiger partial charge >= 0.3 is 5.97 Å². The summed E-state index contributed by atoms with van der Waals surface area (Å²) in [5, 5.41) is 10.1. The summed E-state index contributed by atoms with van der Waals surface area (Å²) in [6, 6.07) is 3.02. The Morgan fingerprint density at radius 2 is 2.21 bits per heavy atom. The van der Waals surface area contributed by atoms with E-state index in [-0.39, 0.29) is 11.3 Å². The molecular weight excluding hydrogens is 204 g/mol. The molecule has 0 unspecified atom stereocenters. The molecule has 0 aliphatic heterocycles. The third-order valence-corrected chi connectivity index (χ3v) is 2.16. The second kappa shape index (κ2) is 4.33. The molecule has 0 fully saturated rings. The first-order chi connectivity index (χ1) is 6.60. The number of esters is 1. The van der Waals surface area contributed by atoms with Gasteiger partial charge in [0.2, 0.25) is 0 Å². The number of carbonyl (C=O) groups excluding carboxylic acids is 1. The summed E-state index contributed by atoms with van der Waals surface area (Å²) in [6.45, 7) is 1.87. The summed E-state index contributed by atoms with van der Waals surface area (Å²) in [5.74, 6) is -0.636. The van der Waals surface area contributed by atoms with E-state index in [0.717, 1.165) is 0 Å². The van der Waals surface area contributed by atoms with Crippen molar-refractivity contribution in [3.05, 3.63) is 28.3 Å². The number of rotatable bonds is 2. The molecule has 1 N–H and O–H groups in total. The fraction of sp³-hybridized carbons (Fsp3) is 0.300. The number of hydrogen-bond acceptors (Lipinski definition) is 3. The molecule has 3 nitrogen and oxygen atoms in total. The lowest BCUT2D eigenvalue weighted by Gasteiger charge is -2.07. The number of carbonyl (C=O) groups is 1. The summed E-state index contributed by atoms with van der Waals surface area (Å²) in [4.78, 5) is 11.2. The van der Waals surface area contributed by atoms with E-state index in [2.05, 4.69) is 4.74 Å². The van der Waals surface area contributed by atoms with Crippen LogP contribution in [0.25, 0.3) is 0 Å². The van der Waals surface area contributed by atoms with Gasteiger partial charge in [-0.05, 0) is 24.1 Å². The van der Waals surface area contributed by atoms with Gasteiger partial charge < -0.3 is 9.84 Å². The van der Waals surface area contributed by atoms with Crippen molar-refractivity contribution in [3.8, 4) is 5.75 Å². The molecule has 1 aromatic carbocycles. The predicted molar refractivity (Wildman–Crippen MR) is 53.8 cm³/mol. The van der Waals surface area contributed by atoms with Gasteiger partial charge in [0, 0.05) is 5.02 Å². The number of aryl methyl sites for hydroxylation is 1. The van der Waals surface area contributed by atoms with Crippen LogP contribution in [0.2, 0.25) is 5.02 Å². The molecule has 0 spiro atoms. The number of benzene rings is 1. The van der Waals surface area contributed by atoms with Gasteiger partial charge in [-0.15, -0.1) is 0 Å². The molecule has 76 valence electrons. The van der Waals surface area contributed by atoms with E-state index < -0.39 is 5.97 Å². The summed E-state index contributed by atoms with van der Waals surface area (Å²) in [6.07, 6.45) is 0.608. The molecule has 0 bridgehead atoms. The molecule has 0 saturated heterocycles. The maximum Gasteiger partial charge on any atom is 0.341 e. The van der Waals surface area contributed by atoms with E-state index in [0.29, 0.717) is 17.0 Å². The number of hydrogen-bond donors (Lipinski definition) is 1. The Morgan fingerprint density at radius 3 is 2.71 bits per heavy atom. The van der Waals surface area contributed by atoms with Crippen LogP contribution in [0.5, 0.6) is 5.75 Å². The molecule has 1 aromatic rings. The topological polar surface area (TPSA) is 46.5 Å². The minimum absolute atomic E-state index is 0.0521. The van der Waals surface area contributed by atoms with Crippen molar-refractivity contribution in [2.75, 3.05) is 7.11 Å². The van der Waals surface area contributed by atoms with E-state index in [9.17, 15) is 9.90 Å². The fourth-order valence-corrected chi connectivity index (χ4v) is 1.43. The Hall–Kier alpha value is -1.22. The average Bonchev–Trinajstić information content (AvgIpc) is 2.19. The summed E-state index contributed by atoms with van der Waals surface area (Å²) >= 11 is 5.78. The standard InChI is InChI=1S/C10H11ClO3/c1-3-6-4-7(11)5-8(9(6)12)10(13)14-2/h4-5,12H,3H2,1-2H3. The van der Waals surface area contributed by atoms with Crippen LogP contribution in [-0.4, -0.2) is 18.2 Å². The maximum atomic E-state index is 11.2. The number of phenolic OH excluding ortho intramolecular Hbond substituents is 1. The van der Waals surface area contributed by atoms with Crippen LogP contribution in [0, 0.1) is 0 Å². The van der Waals surface area contributed by atoms with Crippen LogP contribution in [0.3, 0.4) is 0 Å². The molecule has 0 saturated carbocycles. The Bertz CT molecular complexity index is 361.